The molecule has 1 aliphatic rings. The van der Waals surface area contributed by atoms with Gasteiger partial charge in [-0.1, -0.05) is 24.3 Å². The number of rotatable bonds is 6. The fourth-order valence-electron chi connectivity index (χ4n) is 3.09. The lowest BCUT2D eigenvalue weighted by Crippen LogP contribution is -2.41. The van der Waals surface area contributed by atoms with E-state index in [-0.39, 0.29) is 18.0 Å². The number of hydrogen-bond donors (Lipinski definition) is 1. The van der Waals surface area contributed by atoms with Crippen molar-refractivity contribution in [2.45, 2.75) is 24.3 Å². The fourth-order valence-corrected chi connectivity index (χ4v) is 3.72. The van der Waals surface area contributed by atoms with Crippen molar-refractivity contribution >= 4 is 21.8 Å². The monoisotopic (exact) mass is 402 g/mol. The second-order valence-electron chi connectivity index (χ2n) is 6.97. The van der Waals surface area contributed by atoms with Gasteiger partial charge in [0, 0.05) is 6.26 Å². The van der Waals surface area contributed by atoms with E-state index in [4.69, 9.17) is 4.74 Å². The van der Waals surface area contributed by atoms with Crippen molar-refractivity contribution in [1.82, 2.24) is 10.2 Å². The smallest absolute Gasteiger partial charge is 0.325 e. The Hall–Kier alpha value is -2.87. The molecule has 148 valence electrons. The summed E-state index contributed by atoms with van der Waals surface area (Å²) in [5.74, 6) is 0.267. The van der Waals surface area contributed by atoms with Gasteiger partial charge in [-0.3, -0.25) is 9.69 Å². The van der Waals surface area contributed by atoms with Crippen LogP contribution < -0.4 is 10.1 Å². The number of ether oxygens (including phenoxy) is 1. The van der Waals surface area contributed by atoms with Gasteiger partial charge in [0.25, 0.3) is 5.91 Å². The summed E-state index contributed by atoms with van der Waals surface area (Å²) in [7, 11) is -3.34. The van der Waals surface area contributed by atoms with Crippen LogP contribution >= 0.6 is 0 Å². The van der Waals surface area contributed by atoms with Crippen LogP contribution in [0.25, 0.3) is 0 Å². The van der Waals surface area contributed by atoms with Gasteiger partial charge in [-0.25, -0.2) is 13.2 Å². The van der Waals surface area contributed by atoms with Gasteiger partial charge in [0.05, 0.1) is 11.4 Å². The molecule has 0 radical (unpaired) electrons. The Morgan fingerprint density at radius 2 is 1.79 bits per heavy atom. The third-order valence-electron chi connectivity index (χ3n) is 4.71. The van der Waals surface area contributed by atoms with Gasteiger partial charge in [0.15, 0.2) is 9.84 Å². The van der Waals surface area contributed by atoms with Crippen LogP contribution in [0.15, 0.2) is 53.4 Å². The van der Waals surface area contributed by atoms with Crippen molar-refractivity contribution in [2.24, 2.45) is 0 Å². The van der Waals surface area contributed by atoms with E-state index in [1.807, 2.05) is 31.2 Å². The minimum Gasteiger partial charge on any atom is -0.492 e. The first-order valence-corrected chi connectivity index (χ1v) is 10.6. The zero-order valence-electron chi connectivity index (χ0n) is 15.9. The van der Waals surface area contributed by atoms with Crippen molar-refractivity contribution in [3.8, 4) is 5.75 Å². The third-order valence-corrected chi connectivity index (χ3v) is 5.84. The van der Waals surface area contributed by atoms with Gasteiger partial charge in [0.2, 0.25) is 0 Å². The average molecular weight is 402 g/mol. The number of hydrogen-bond acceptors (Lipinski definition) is 5. The molecule has 1 unspecified atom stereocenters. The largest absolute Gasteiger partial charge is 0.492 e. The lowest BCUT2D eigenvalue weighted by atomic mass is 9.92. The van der Waals surface area contributed by atoms with Crippen LogP contribution in [0.1, 0.15) is 18.1 Å². The van der Waals surface area contributed by atoms with Gasteiger partial charge >= 0.3 is 6.03 Å². The Bertz CT molecular complexity index is 1020. The van der Waals surface area contributed by atoms with E-state index in [9.17, 15) is 18.0 Å². The normalized spacial score (nSPS) is 19.6. The van der Waals surface area contributed by atoms with Crippen molar-refractivity contribution in [1.29, 1.82) is 0 Å². The second-order valence-corrected chi connectivity index (χ2v) is 8.99. The second kappa shape index (κ2) is 7.27. The quantitative estimate of drug-likeness (QED) is 0.748. The molecular weight excluding hydrogens is 380 g/mol. The van der Waals surface area contributed by atoms with E-state index >= 15 is 0 Å². The van der Waals surface area contributed by atoms with Crippen molar-refractivity contribution in [2.75, 3.05) is 19.4 Å². The first kappa shape index (κ1) is 19.9. The highest BCUT2D eigenvalue weighted by Gasteiger charge is 2.48. The molecule has 3 amide bonds. The number of nitrogens with one attached hydrogen (secondary N) is 1. The maximum absolute atomic E-state index is 12.9. The molecule has 1 aliphatic heterocycles. The van der Waals surface area contributed by atoms with Crippen LogP contribution in [0, 0.1) is 6.92 Å². The van der Waals surface area contributed by atoms with Crippen LogP contribution in [0.2, 0.25) is 0 Å². The highest BCUT2D eigenvalue weighted by atomic mass is 32.2. The number of aryl methyl sites for hydroxylation is 1. The Morgan fingerprint density at radius 1 is 1.11 bits per heavy atom. The summed E-state index contributed by atoms with van der Waals surface area (Å²) in [5.41, 5.74) is 0.314. The molecule has 1 fully saturated rings. The number of carbonyl (C=O) groups is 2. The van der Waals surface area contributed by atoms with Crippen LogP contribution in [0.5, 0.6) is 5.75 Å². The molecule has 8 heteroatoms. The highest BCUT2D eigenvalue weighted by molar-refractivity contribution is 7.90. The first-order valence-electron chi connectivity index (χ1n) is 8.75. The van der Waals surface area contributed by atoms with E-state index in [0.717, 1.165) is 16.7 Å². The molecule has 1 N–H and O–H groups in total. The number of benzene rings is 2. The van der Waals surface area contributed by atoms with Gasteiger partial charge in [-0.15, -0.1) is 0 Å². The molecule has 3 rings (SSSR count). The molecule has 2 aromatic rings. The molecule has 1 saturated heterocycles. The lowest BCUT2D eigenvalue weighted by Gasteiger charge is -2.22. The van der Waals surface area contributed by atoms with Crippen LogP contribution in [0.3, 0.4) is 0 Å². The van der Waals surface area contributed by atoms with E-state index in [1.165, 1.54) is 12.1 Å². The Balaban J connectivity index is 1.71. The predicted molar refractivity (Wildman–Crippen MR) is 104 cm³/mol. The van der Waals surface area contributed by atoms with Crippen LogP contribution in [0.4, 0.5) is 4.79 Å². The molecule has 7 nitrogen and oxygen atoms in total. The molecule has 0 aliphatic carbocycles. The van der Waals surface area contributed by atoms with Crippen LogP contribution in [-0.4, -0.2) is 44.7 Å². The average Bonchev–Trinajstić information content (AvgIpc) is 2.85. The van der Waals surface area contributed by atoms with Crippen LogP contribution in [-0.2, 0) is 20.2 Å². The summed E-state index contributed by atoms with van der Waals surface area (Å²) in [4.78, 5) is 26.5. The van der Waals surface area contributed by atoms with E-state index in [1.54, 1.807) is 19.1 Å². The molecule has 0 saturated carbocycles. The Morgan fingerprint density at radius 3 is 2.39 bits per heavy atom. The van der Waals surface area contributed by atoms with E-state index in [0.29, 0.717) is 11.3 Å². The summed E-state index contributed by atoms with van der Waals surface area (Å²) in [6.07, 6.45) is 1.11. The Kier molecular flexibility index (Phi) is 5.16. The maximum Gasteiger partial charge on any atom is 0.325 e. The summed E-state index contributed by atoms with van der Waals surface area (Å²) in [5, 5.41) is 2.69. The zero-order valence-corrected chi connectivity index (χ0v) is 16.7. The van der Waals surface area contributed by atoms with E-state index < -0.39 is 27.3 Å². The number of amides is 3. The molecule has 28 heavy (non-hydrogen) atoms. The van der Waals surface area contributed by atoms with Gasteiger partial charge in [-0.05, 0) is 49.2 Å². The van der Waals surface area contributed by atoms with Gasteiger partial charge in [0.1, 0.15) is 17.9 Å². The molecule has 2 aromatic carbocycles. The Labute approximate surface area is 164 Å². The molecule has 0 spiro atoms. The summed E-state index contributed by atoms with van der Waals surface area (Å²) in [6, 6.07) is 12.9. The van der Waals surface area contributed by atoms with Gasteiger partial charge < -0.3 is 10.1 Å². The molecule has 1 heterocycles. The zero-order chi connectivity index (χ0) is 20.5. The molecule has 1 atom stereocenters. The standard InChI is InChI=1S/C20H22N2O5S/c1-14-5-4-6-16(13-14)27-12-11-22-18(23)20(2,21-19(22)24)15-7-9-17(10-8-15)28(3,25)26/h4-10,13H,11-12H2,1-3H3,(H,21,24). The highest BCUT2D eigenvalue weighted by Crippen LogP contribution is 2.29. The number of nitrogens with zero attached hydrogens (tertiary/aromatic N) is 1. The summed E-state index contributed by atoms with van der Waals surface area (Å²) < 4.78 is 28.9. The minimum atomic E-state index is -3.34. The fraction of sp³-hybridized carbons (Fsp3) is 0.300. The number of imide groups is 1. The van der Waals surface area contributed by atoms with Crippen molar-refractivity contribution in [3.63, 3.8) is 0 Å². The lowest BCUT2D eigenvalue weighted by molar-refractivity contribution is -0.131. The summed E-state index contributed by atoms with van der Waals surface area (Å²) >= 11 is 0. The number of sulfone groups is 1. The molecule has 0 aromatic heterocycles. The first-order chi connectivity index (χ1) is 13.1. The van der Waals surface area contributed by atoms with Gasteiger partial charge in [-0.2, -0.15) is 0 Å². The third kappa shape index (κ3) is 3.87. The number of urea groups is 1. The van der Waals surface area contributed by atoms with Crippen molar-refractivity contribution in [3.05, 3.63) is 59.7 Å². The topological polar surface area (TPSA) is 92.8 Å². The molecular formula is C20H22N2O5S. The SMILES string of the molecule is Cc1cccc(OCCN2C(=O)NC(C)(c3ccc(S(C)(=O)=O)cc3)C2=O)c1. The van der Waals surface area contributed by atoms with Crippen molar-refractivity contribution < 1.29 is 22.7 Å². The summed E-state index contributed by atoms with van der Waals surface area (Å²) in [6.45, 7) is 3.83. The molecule has 0 bridgehead atoms. The predicted octanol–water partition coefficient (Wildman–Crippen LogP) is 2.24. The maximum atomic E-state index is 12.9. The van der Waals surface area contributed by atoms with E-state index in [2.05, 4.69) is 5.32 Å². The minimum absolute atomic E-state index is 0.107. The number of carbonyl (C=O) groups excluding carboxylic acids is 2.